The standard InChI is InChI=1S/C28H35N3O2/c32-25(30-11-4-7-21-5-2-1-3-6-21)27-16-23-15-24(17-27)19-28(18-23,20-27)26(33)31-14-10-22-8-12-29-13-9-22/h1-3,5-6,8-9,12-13,23-24H,4,7,10-11,14-20H2,(H,30,32)(H,31,33). The maximum Gasteiger partial charge on any atom is 0.226 e. The molecule has 4 saturated carbocycles. The molecular weight excluding hydrogens is 410 g/mol. The average Bonchev–Trinajstić information content (AvgIpc) is 2.82. The quantitative estimate of drug-likeness (QED) is 0.572. The first-order valence-corrected chi connectivity index (χ1v) is 12.6. The predicted molar refractivity (Wildman–Crippen MR) is 128 cm³/mol. The molecule has 0 radical (unpaired) electrons. The summed E-state index contributed by atoms with van der Waals surface area (Å²) in [6, 6.07) is 14.4. The number of hydrogen-bond donors (Lipinski definition) is 2. The Balaban J connectivity index is 1.18. The Hall–Kier alpha value is -2.69. The zero-order valence-electron chi connectivity index (χ0n) is 19.4. The lowest BCUT2D eigenvalue weighted by Gasteiger charge is -2.60. The molecule has 4 aliphatic rings. The number of pyridine rings is 1. The van der Waals surface area contributed by atoms with Crippen LogP contribution in [0.2, 0.25) is 0 Å². The molecule has 174 valence electrons. The molecule has 1 aromatic carbocycles. The molecule has 4 bridgehead atoms. The van der Waals surface area contributed by atoms with Gasteiger partial charge in [-0.15, -0.1) is 0 Å². The van der Waals surface area contributed by atoms with E-state index in [9.17, 15) is 9.59 Å². The van der Waals surface area contributed by atoms with Crippen molar-refractivity contribution in [2.24, 2.45) is 22.7 Å². The fourth-order valence-corrected chi connectivity index (χ4v) is 7.18. The fraction of sp³-hybridized carbons (Fsp3) is 0.536. The molecule has 5 nitrogen and oxygen atoms in total. The molecule has 4 fully saturated rings. The van der Waals surface area contributed by atoms with E-state index in [1.165, 1.54) is 17.5 Å². The largest absolute Gasteiger partial charge is 0.356 e. The van der Waals surface area contributed by atoms with Crippen LogP contribution in [0.25, 0.3) is 0 Å². The number of nitrogens with one attached hydrogen (secondary N) is 2. The minimum atomic E-state index is -0.357. The average molecular weight is 446 g/mol. The summed E-state index contributed by atoms with van der Waals surface area (Å²) in [5, 5.41) is 6.48. The molecule has 33 heavy (non-hydrogen) atoms. The maximum absolute atomic E-state index is 13.4. The maximum atomic E-state index is 13.4. The summed E-state index contributed by atoms with van der Waals surface area (Å²) in [7, 11) is 0. The monoisotopic (exact) mass is 445 g/mol. The van der Waals surface area contributed by atoms with Crippen molar-refractivity contribution >= 4 is 11.8 Å². The van der Waals surface area contributed by atoms with Gasteiger partial charge in [-0.2, -0.15) is 0 Å². The number of nitrogens with zero attached hydrogens (tertiary/aromatic N) is 1. The fourth-order valence-electron chi connectivity index (χ4n) is 7.18. The molecule has 5 heteroatoms. The van der Waals surface area contributed by atoms with Crippen LogP contribution in [0.4, 0.5) is 0 Å². The highest BCUT2D eigenvalue weighted by Crippen LogP contribution is 2.65. The highest BCUT2D eigenvalue weighted by atomic mass is 16.2. The Morgan fingerprint density at radius 3 is 2.00 bits per heavy atom. The van der Waals surface area contributed by atoms with E-state index in [-0.39, 0.29) is 22.6 Å². The number of rotatable bonds is 9. The van der Waals surface area contributed by atoms with Gasteiger partial charge in [0.05, 0.1) is 10.8 Å². The minimum Gasteiger partial charge on any atom is -0.356 e. The van der Waals surface area contributed by atoms with Crippen LogP contribution in [0.5, 0.6) is 0 Å². The van der Waals surface area contributed by atoms with Gasteiger partial charge in [0, 0.05) is 25.5 Å². The smallest absolute Gasteiger partial charge is 0.226 e. The van der Waals surface area contributed by atoms with Gasteiger partial charge in [-0.05, 0) is 92.9 Å². The normalized spacial score (nSPS) is 29.6. The van der Waals surface area contributed by atoms with Gasteiger partial charge in [0.1, 0.15) is 0 Å². The third kappa shape index (κ3) is 4.68. The summed E-state index contributed by atoms with van der Waals surface area (Å²) in [5.41, 5.74) is 1.79. The van der Waals surface area contributed by atoms with E-state index in [0.29, 0.717) is 24.9 Å². The van der Waals surface area contributed by atoms with Crippen LogP contribution in [-0.4, -0.2) is 29.9 Å². The van der Waals surface area contributed by atoms with Crippen molar-refractivity contribution in [3.63, 3.8) is 0 Å². The first-order chi connectivity index (χ1) is 16.1. The van der Waals surface area contributed by atoms with Crippen LogP contribution < -0.4 is 10.6 Å². The number of benzene rings is 1. The van der Waals surface area contributed by atoms with Crippen molar-refractivity contribution in [2.75, 3.05) is 13.1 Å². The van der Waals surface area contributed by atoms with Crippen molar-refractivity contribution < 1.29 is 9.59 Å². The van der Waals surface area contributed by atoms with Crippen LogP contribution in [0.15, 0.2) is 54.9 Å². The molecule has 0 saturated heterocycles. The van der Waals surface area contributed by atoms with Gasteiger partial charge in [-0.25, -0.2) is 0 Å². The van der Waals surface area contributed by atoms with Crippen LogP contribution in [0, 0.1) is 22.7 Å². The Bertz CT molecular complexity index is 961. The second-order valence-electron chi connectivity index (χ2n) is 10.7. The van der Waals surface area contributed by atoms with E-state index >= 15 is 0 Å². The lowest BCUT2D eigenvalue weighted by atomic mass is 9.43. The Labute approximate surface area is 196 Å². The molecule has 0 spiro atoms. The first kappa shape index (κ1) is 22.1. The van der Waals surface area contributed by atoms with Crippen molar-refractivity contribution in [3.8, 4) is 0 Å². The summed E-state index contributed by atoms with van der Waals surface area (Å²) in [6.07, 6.45) is 12.0. The van der Waals surface area contributed by atoms with Gasteiger partial charge in [0.15, 0.2) is 0 Å². The number of aryl methyl sites for hydroxylation is 1. The number of amides is 2. The van der Waals surface area contributed by atoms with Gasteiger partial charge in [-0.3, -0.25) is 14.6 Å². The summed E-state index contributed by atoms with van der Waals surface area (Å²) in [4.78, 5) is 30.9. The van der Waals surface area contributed by atoms with Gasteiger partial charge in [0.25, 0.3) is 0 Å². The molecule has 2 atom stereocenters. The lowest BCUT2D eigenvalue weighted by Crippen LogP contribution is -2.61. The van der Waals surface area contributed by atoms with E-state index in [0.717, 1.165) is 51.4 Å². The highest BCUT2D eigenvalue weighted by molar-refractivity contribution is 5.88. The van der Waals surface area contributed by atoms with E-state index < -0.39 is 0 Å². The van der Waals surface area contributed by atoms with Gasteiger partial charge >= 0.3 is 0 Å². The van der Waals surface area contributed by atoms with Crippen LogP contribution in [0.1, 0.15) is 56.1 Å². The van der Waals surface area contributed by atoms with Gasteiger partial charge in [0.2, 0.25) is 11.8 Å². The third-order valence-corrected chi connectivity index (χ3v) is 8.24. The molecule has 2 aromatic rings. The molecule has 1 aromatic heterocycles. The highest BCUT2D eigenvalue weighted by Gasteiger charge is 2.62. The van der Waals surface area contributed by atoms with Gasteiger partial charge < -0.3 is 10.6 Å². The molecule has 6 rings (SSSR count). The zero-order chi connectivity index (χ0) is 22.7. The number of carbonyl (C=O) groups excluding carboxylic acids is 2. The number of carbonyl (C=O) groups is 2. The Morgan fingerprint density at radius 1 is 0.788 bits per heavy atom. The number of aromatic nitrogens is 1. The van der Waals surface area contributed by atoms with Gasteiger partial charge in [-0.1, -0.05) is 30.3 Å². The Kier molecular flexibility index (Phi) is 6.22. The molecule has 1 heterocycles. The third-order valence-electron chi connectivity index (χ3n) is 8.24. The van der Waals surface area contributed by atoms with E-state index in [1.54, 1.807) is 12.4 Å². The Morgan fingerprint density at radius 2 is 1.36 bits per heavy atom. The van der Waals surface area contributed by atoms with Crippen LogP contribution in [-0.2, 0) is 22.4 Å². The van der Waals surface area contributed by atoms with Crippen molar-refractivity contribution in [2.45, 2.75) is 57.8 Å². The lowest BCUT2D eigenvalue weighted by molar-refractivity contribution is -0.167. The van der Waals surface area contributed by atoms with Crippen molar-refractivity contribution in [3.05, 3.63) is 66.0 Å². The molecule has 2 N–H and O–H groups in total. The molecule has 2 unspecified atom stereocenters. The topological polar surface area (TPSA) is 71.1 Å². The van der Waals surface area contributed by atoms with Crippen LogP contribution >= 0.6 is 0 Å². The second kappa shape index (κ2) is 9.28. The van der Waals surface area contributed by atoms with E-state index in [4.69, 9.17) is 0 Å². The SMILES string of the molecule is O=C(NCCCc1ccccc1)C12CC3CC(C1)CC(C(=O)NCCc1ccncc1)(C3)C2. The summed E-state index contributed by atoms with van der Waals surface area (Å²) in [6.45, 7) is 1.34. The summed E-state index contributed by atoms with van der Waals surface area (Å²) in [5.74, 6) is 1.38. The van der Waals surface area contributed by atoms with E-state index in [1.807, 2.05) is 18.2 Å². The molecule has 4 aliphatic carbocycles. The number of hydrogen-bond acceptors (Lipinski definition) is 3. The zero-order valence-corrected chi connectivity index (χ0v) is 19.4. The predicted octanol–water partition coefficient (Wildman–Crippen LogP) is 4.08. The first-order valence-electron chi connectivity index (χ1n) is 12.6. The summed E-state index contributed by atoms with van der Waals surface area (Å²) >= 11 is 0. The second-order valence-corrected chi connectivity index (χ2v) is 10.7. The summed E-state index contributed by atoms with van der Waals surface area (Å²) < 4.78 is 0. The molecule has 0 aliphatic heterocycles. The van der Waals surface area contributed by atoms with Crippen LogP contribution in [0.3, 0.4) is 0 Å². The molecule has 2 amide bonds. The van der Waals surface area contributed by atoms with Crippen molar-refractivity contribution in [1.29, 1.82) is 0 Å². The van der Waals surface area contributed by atoms with Crippen molar-refractivity contribution in [1.82, 2.24) is 15.6 Å². The van der Waals surface area contributed by atoms with E-state index in [2.05, 4.69) is 39.9 Å². The molecular formula is C28H35N3O2. The minimum absolute atomic E-state index is 0.173.